The molecule has 2 atom stereocenters. The van der Waals surface area contributed by atoms with Gasteiger partial charge in [0.15, 0.2) is 0 Å². The van der Waals surface area contributed by atoms with Gasteiger partial charge in [0.2, 0.25) is 0 Å². The van der Waals surface area contributed by atoms with Gasteiger partial charge in [0.25, 0.3) is 0 Å². The largest absolute Gasteiger partial charge is 1.00 e. The Labute approximate surface area is 142 Å². The second kappa shape index (κ2) is 17.4. The van der Waals surface area contributed by atoms with Gasteiger partial charge in [-0.15, -0.1) is 13.2 Å². The van der Waals surface area contributed by atoms with Crippen LogP contribution in [0, 0.1) is 0 Å². The van der Waals surface area contributed by atoms with Gasteiger partial charge in [-0.2, -0.15) is 0 Å². The molecule has 0 amide bonds. The zero-order chi connectivity index (χ0) is 12.4. The maximum atomic E-state index is 5.27. The first kappa shape index (κ1) is 26.9. The van der Waals surface area contributed by atoms with E-state index in [9.17, 15) is 0 Å². The van der Waals surface area contributed by atoms with E-state index in [0.717, 1.165) is 7.25 Å². The molecule has 0 aromatic rings. The predicted octanol–water partition coefficient (Wildman–Crippen LogP) is -0.944. The Morgan fingerprint density at radius 3 is 1.29 bits per heavy atom. The van der Waals surface area contributed by atoms with E-state index in [1.807, 2.05) is 0 Å². The minimum atomic E-state index is -0.427. The van der Waals surface area contributed by atoms with Crippen molar-refractivity contribution in [2.45, 2.75) is 47.8 Å². The number of rotatable bonds is 6. The third-order valence-electron chi connectivity index (χ3n) is 2.20. The molecule has 2 unspecified atom stereocenters. The van der Waals surface area contributed by atoms with Crippen molar-refractivity contribution in [2.24, 2.45) is 0 Å². The van der Waals surface area contributed by atoms with E-state index >= 15 is 0 Å². The van der Waals surface area contributed by atoms with Crippen molar-refractivity contribution in [1.29, 1.82) is 0 Å². The molecule has 0 N–H and O–H groups in total. The van der Waals surface area contributed by atoms with E-state index < -0.39 is 23.2 Å². The van der Waals surface area contributed by atoms with E-state index in [1.165, 1.54) is 22.6 Å². The molecule has 100 valence electrons. The Morgan fingerprint density at radius 1 is 0.941 bits per heavy atom. The van der Waals surface area contributed by atoms with Gasteiger partial charge < -0.3 is 24.8 Å². The van der Waals surface area contributed by atoms with Gasteiger partial charge in [0.1, 0.15) is 0 Å². The maximum Gasteiger partial charge on any atom is -1.00 e. The van der Waals surface area contributed by atoms with Gasteiger partial charge >= 0.3 is 105 Å². The molecule has 0 bridgehead atoms. The molecular formula is C12H22Cl2S2Zr. The fraction of sp³-hybridized carbons (Fsp3) is 0.667. The van der Waals surface area contributed by atoms with Crippen LogP contribution in [0.15, 0.2) is 13.2 Å². The van der Waals surface area contributed by atoms with Crippen LogP contribution in [0.4, 0.5) is 0 Å². The Bertz CT molecular complexity index is 191. The van der Waals surface area contributed by atoms with Crippen molar-refractivity contribution >= 4 is 34.2 Å². The Balaban J connectivity index is -0.000000199. The van der Waals surface area contributed by atoms with Gasteiger partial charge in [0.05, 0.1) is 0 Å². The van der Waals surface area contributed by atoms with Crippen molar-refractivity contribution in [1.82, 2.24) is 0 Å². The molecule has 0 aromatic carbocycles. The molecule has 0 saturated carbocycles. The summed E-state index contributed by atoms with van der Waals surface area (Å²) in [5.74, 6) is 0. The molecule has 0 rings (SSSR count). The van der Waals surface area contributed by atoms with E-state index in [2.05, 4.69) is 40.9 Å². The summed E-state index contributed by atoms with van der Waals surface area (Å²) in [6.45, 7) is 14.7. The Morgan fingerprint density at radius 2 is 1.18 bits per heavy atom. The zero-order valence-electron chi connectivity index (χ0n) is 11.1. The summed E-state index contributed by atoms with van der Waals surface area (Å²) < 4.78 is 1.50. The molecule has 0 aliphatic rings. The van der Waals surface area contributed by atoms with Gasteiger partial charge in [-0.3, -0.25) is 0 Å². The molecule has 0 aromatic heterocycles. The van der Waals surface area contributed by atoms with Crippen LogP contribution < -0.4 is 24.8 Å². The van der Waals surface area contributed by atoms with Gasteiger partial charge in [-0.05, 0) is 0 Å². The predicted molar refractivity (Wildman–Crippen MR) is 75.9 cm³/mol. The monoisotopic (exact) mass is 390 g/mol. The van der Waals surface area contributed by atoms with Crippen LogP contribution in [-0.4, -0.2) is 9.73 Å². The fourth-order valence-corrected chi connectivity index (χ4v) is 5.93. The van der Waals surface area contributed by atoms with Crippen LogP contribution in [0.5, 0.6) is 0 Å². The molecule has 0 fully saturated rings. The minimum absolute atomic E-state index is 0. The Kier molecular flexibility index (Phi) is 27.5. The number of hydrogen-bond donors (Lipinski definition) is 0. The molecule has 0 saturated heterocycles. The van der Waals surface area contributed by atoms with E-state index in [-0.39, 0.29) is 24.8 Å². The average Bonchev–Trinajstić information content (AvgIpc) is 2.21. The summed E-state index contributed by atoms with van der Waals surface area (Å²) in [5.41, 5.74) is 0. The number of thiocarbonyl (C=S) groups is 2. The standard InChI is InChI=1S/2C5H9S.C2H4.2ClH.Zr/c2*1-3-4-5(2)6;1-2;;;/h2*4H,3H2,1-2H3;1-2H2;2*1H;/q;;;;;+2/p-2. The van der Waals surface area contributed by atoms with Crippen LogP contribution in [-0.2, 0) is 23.2 Å². The summed E-state index contributed by atoms with van der Waals surface area (Å²) in [5, 5.41) is 0. The van der Waals surface area contributed by atoms with Crippen LogP contribution in [0.3, 0.4) is 0 Å². The van der Waals surface area contributed by atoms with Crippen molar-refractivity contribution in [3.05, 3.63) is 13.2 Å². The quantitative estimate of drug-likeness (QED) is 0.423. The summed E-state index contributed by atoms with van der Waals surface area (Å²) in [6, 6.07) is 0. The summed E-state index contributed by atoms with van der Waals surface area (Å²) >= 11 is 10.1. The van der Waals surface area contributed by atoms with Crippen molar-refractivity contribution in [3.8, 4) is 0 Å². The minimum Gasteiger partial charge on any atom is -1.00 e. The molecule has 0 nitrogen and oxygen atoms in total. The van der Waals surface area contributed by atoms with Crippen LogP contribution in [0.25, 0.3) is 0 Å². The smallest absolute Gasteiger partial charge is 1.00 e. The molecule has 0 heterocycles. The molecule has 17 heavy (non-hydrogen) atoms. The maximum absolute atomic E-state index is 5.27. The van der Waals surface area contributed by atoms with Crippen molar-refractivity contribution in [3.63, 3.8) is 0 Å². The van der Waals surface area contributed by atoms with E-state index in [1.54, 1.807) is 0 Å². The fourth-order valence-electron chi connectivity index (χ4n) is 1.29. The second-order valence-corrected chi connectivity index (χ2v) is 8.84. The van der Waals surface area contributed by atoms with Gasteiger partial charge in [-0.1, -0.05) is 0 Å². The molecule has 0 aliphatic carbocycles. The van der Waals surface area contributed by atoms with Crippen LogP contribution in [0.1, 0.15) is 40.5 Å². The SMILES string of the molecule is C=C.CC[CH]([Zr+2][CH](CC)C(C)=S)C(C)=S.[Cl-].[Cl-]. The topological polar surface area (TPSA) is 0 Å². The molecule has 0 aliphatic heterocycles. The second-order valence-electron chi connectivity index (χ2n) is 3.31. The first-order valence-electron chi connectivity index (χ1n) is 5.29. The third-order valence-corrected chi connectivity index (χ3v) is 9.91. The molecule has 5 heteroatoms. The third kappa shape index (κ3) is 13.6. The zero-order valence-corrected chi connectivity index (χ0v) is 16.7. The van der Waals surface area contributed by atoms with Crippen molar-refractivity contribution in [2.75, 3.05) is 0 Å². The summed E-state index contributed by atoms with van der Waals surface area (Å²) in [4.78, 5) is 2.42. The summed E-state index contributed by atoms with van der Waals surface area (Å²) in [6.07, 6.45) is 2.45. The summed E-state index contributed by atoms with van der Waals surface area (Å²) in [7, 11) is 0. The first-order chi connectivity index (χ1) is 7.02. The number of hydrogen-bond acceptors (Lipinski definition) is 2. The van der Waals surface area contributed by atoms with Crippen LogP contribution >= 0.6 is 24.4 Å². The number of halogens is 2. The first-order valence-corrected chi connectivity index (χ1v) is 8.95. The molecule has 0 radical (unpaired) electrons. The Hall–Kier alpha value is 1.38. The van der Waals surface area contributed by atoms with Gasteiger partial charge in [-0.25, -0.2) is 0 Å². The van der Waals surface area contributed by atoms with Crippen molar-refractivity contribution < 1.29 is 48.0 Å². The normalized spacial score (nSPS) is 11.3. The van der Waals surface area contributed by atoms with Gasteiger partial charge in [0, 0.05) is 0 Å². The average molecular weight is 393 g/mol. The molecular weight excluding hydrogens is 370 g/mol. The van der Waals surface area contributed by atoms with E-state index in [4.69, 9.17) is 24.4 Å². The van der Waals surface area contributed by atoms with E-state index in [0.29, 0.717) is 0 Å². The van der Waals surface area contributed by atoms with Crippen LogP contribution in [0.2, 0.25) is 7.25 Å². The molecule has 0 spiro atoms.